The molecule has 2 aromatic carbocycles. The van der Waals surface area contributed by atoms with Crippen LogP contribution in [0.5, 0.6) is 5.75 Å². The summed E-state index contributed by atoms with van der Waals surface area (Å²) in [6, 6.07) is 13.2. The number of esters is 1. The first kappa shape index (κ1) is 18.4. The number of benzene rings is 2. The molecule has 0 fully saturated rings. The summed E-state index contributed by atoms with van der Waals surface area (Å²) >= 11 is 0. The third-order valence-corrected chi connectivity index (χ3v) is 4.15. The molecule has 138 valence electrons. The maximum absolute atomic E-state index is 12.4. The van der Waals surface area contributed by atoms with Crippen molar-refractivity contribution >= 4 is 22.7 Å². The van der Waals surface area contributed by atoms with Crippen LogP contribution in [0.25, 0.3) is 11.0 Å². The zero-order valence-electron chi connectivity index (χ0n) is 15.1. The van der Waals surface area contributed by atoms with Gasteiger partial charge in [0.25, 0.3) is 0 Å². The molecule has 6 nitrogen and oxygen atoms in total. The number of rotatable bonds is 5. The highest BCUT2D eigenvalue weighted by Gasteiger charge is 2.23. The van der Waals surface area contributed by atoms with E-state index in [0.717, 1.165) is 5.56 Å². The lowest BCUT2D eigenvalue weighted by molar-refractivity contribution is 0.0315. The normalized spacial score (nSPS) is 11.8. The highest BCUT2D eigenvalue weighted by atomic mass is 16.5. The van der Waals surface area contributed by atoms with Gasteiger partial charge in [-0.15, -0.1) is 0 Å². The van der Waals surface area contributed by atoms with E-state index < -0.39 is 17.7 Å². The molecular weight excluding hydrogens is 348 g/mol. The van der Waals surface area contributed by atoms with Crippen LogP contribution in [0, 0.1) is 6.92 Å². The molecule has 0 aliphatic carbocycles. The molecule has 1 aromatic heterocycles. The first-order chi connectivity index (χ1) is 12.9. The van der Waals surface area contributed by atoms with E-state index >= 15 is 0 Å². The summed E-state index contributed by atoms with van der Waals surface area (Å²) in [5, 5.41) is 0.512. The summed E-state index contributed by atoms with van der Waals surface area (Å²) < 4.78 is 15.5. The second-order valence-electron chi connectivity index (χ2n) is 6.13. The number of carbonyl (C=O) groups is 2. The lowest BCUT2D eigenvalue weighted by Crippen LogP contribution is -2.27. The smallest absolute Gasteiger partial charge is 0.351 e. The number of ketones is 1. The van der Waals surface area contributed by atoms with Crippen LogP contribution in [0.2, 0.25) is 0 Å². The summed E-state index contributed by atoms with van der Waals surface area (Å²) in [6.45, 7) is 3.37. The maximum atomic E-state index is 12.4. The van der Waals surface area contributed by atoms with Crippen LogP contribution in [0.3, 0.4) is 0 Å². The Morgan fingerprint density at radius 3 is 2.41 bits per heavy atom. The van der Waals surface area contributed by atoms with Gasteiger partial charge < -0.3 is 13.9 Å². The number of Topliss-reactive ketones (excluding diaryl/α,β-unsaturated/α-hetero) is 1. The van der Waals surface area contributed by atoms with Gasteiger partial charge in [-0.25, -0.2) is 9.59 Å². The average molecular weight is 366 g/mol. The minimum absolute atomic E-state index is 0.278. The molecule has 0 radical (unpaired) electrons. The summed E-state index contributed by atoms with van der Waals surface area (Å²) in [6.07, 6.45) is -1.04. The molecule has 0 unspecified atom stereocenters. The molecule has 1 heterocycles. The van der Waals surface area contributed by atoms with Crippen molar-refractivity contribution in [3.8, 4) is 5.75 Å². The largest absolute Gasteiger partial charge is 0.497 e. The quantitative estimate of drug-likeness (QED) is 0.390. The van der Waals surface area contributed by atoms with E-state index in [1.165, 1.54) is 20.1 Å². The highest BCUT2D eigenvalue weighted by Crippen LogP contribution is 2.21. The maximum Gasteiger partial charge on any atom is 0.351 e. The van der Waals surface area contributed by atoms with Gasteiger partial charge >= 0.3 is 11.6 Å². The predicted octanol–water partition coefficient (Wildman–Crippen LogP) is 3.54. The first-order valence-corrected chi connectivity index (χ1v) is 8.33. The fraction of sp³-hybridized carbons (Fsp3) is 0.190. The van der Waals surface area contributed by atoms with E-state index in [1.807, 2.05) is 6.92 Å². The van der Waals surface area contributed by atoms with Gasteiger partial charge in [-0.2, -0.15) is 0 Å². The Morgan fingerprint density at radius 1 is 1.04 bits per heavy atom. The summed E-state index contributed by atoms with van der Waals surface area (Å²) in [7, 11) is 1.51. The number of carbonyl (C=O) groups excluding carboxylic acids is 2. The molecule has 3 rings (SSSR count). The van der Waals surface area contributed by atoms with Crippen LogP contribution < -0.4 is 10.4 Å². The Bertz CT molecular complexity index is 1060. The van der Waals surface area contributed by atoms with Crippen molar-refractivity contribution < 1.29 is 23.5 Å². The number of hydrogen-bond acceptors (Lipinski definition) is 6. The fourth-order valence-corrected chi connectivity index (χ4v) is 2.60. The van der Waals surface area contributed by atoms with Crippen molar-refractivity contribution in [3.05, 3.63) is 75.6 Å². The molecule has 0 N–H and O–H groups in total. The van der Waals surface area contributed by atoms with E-state index in [4.69, 9.17) is 13.9 Å². The van der Waals surface area contributed by atoms with Gasteiger partial charge in [-0.3, -0.25) is 4.79 Å². The molecule has 0 spiro atoms. The number of fused-ring (bicyclic) bond motifs is 1. The van der Waals surface area contributed by atoms with Crippen LogP contribution in [0.4, 0.5) is 0 Å². The van der Waals surface area contributed by atoms with Crippen molar-refractivity contribution in [2.45, 2.75) is 20.0 Å². The Kier molecular flexibility index (Phi) is 5.07. The van der Waals surface area contributed by atoms with Crippen LogP contribution in [0.1, 0.15) is 33.2 Å². The van der Waals surface area contributed by atoms with Gasteiger partial charge in [0.2, 0.25) is 5.78 Å². The van der Waals surface area contributed by atoms with E-state index in [-0.39, 0.29) is 11.3 Å². The SMILES string of the molecule is COc1ccc2oc(=O)c(C(=O)O[C@@H](C)C(=O)c3ccc(C)cc3)cc2c1. The van der Waals surface area contributed by atoms with E-state index in [0.29, 0.717) is 22.3 Å². The molecule has 0 aliphatic heterocycles. The van der Waals surface area contributed by atoms with Gasteiger partial charge in [0.15, 0.2) is 6.10 Å². The number of hydrogen-bond donors (Lipinski definition) is 0. The lowest BCUT2D eigenvalue weighted by Gasteiger charge is -2.12. The lowest BCUT2D eigenvalue weighted by atomic mass is 10.1. The third-order valence-electron chi connectivity index (χ3n) is 4.15. The van der Waals surface area contributed by atoms with Crippen LogP contribution >= 0.6 is 0 Å². The molecular formula is C21H18O6. The van der Waals surface area contributed by atoms with Crippen LogP contribution in [-0.2, 0) is 4.74 Å². The van der Waals surface area contributed by atoms with E-state index in [1.54, 1.807) is 42.5 Å². The Labute approximate surface area is 155 Å². The minimum Gasteiger partial charge on any atom is -0.497 e. The van der Waals surface area contributed by atoms with Crippen molar-refractivity contribution in [2.24, 2.45) is 0 Å². The molecule has 1 atom stereocenters. The van der Waals surface area contributed by atoms with Crippen LogP contribution in [0.15, 0.2) is 57.7 Å². The minimum atomic E-state index is -1.04. The van der Waals surface area contributed by atoms with Gasteiger partial charge in [0, 0.05) is 10.9 Å². The predicted molar refractivity (Wildman–Crippen MR) is 99.4 cm³/mol. The molecule has 0 amide bonds. The van der Waals surface area contributed by atoms with Crippen molar-refractivity contribution in [3.63, 3.8) is 0 Å². The molecule has 0 saturated carbocycles. The molecule has 0 aliphatic rings. The Morgan fingerprint density at radius 2 is 1.74 bits per heavy atom. The third kappa shape index (κ3) is 3.89. The van der Waals surface area contributed by atoms with Crippen LogP contribution in [-0.4, -0.2) is 25.0 Å². The van der Waals surface area contributed by atoms with Crippen molar-refractivity contribution in [2.75, 3.05) is 7.11 Å². The van der Waals surface area contributed by atoms with Crippen molar-refractivity contribution in [1.29, 1.82) is 0 Å². The Hall–Kier alpha value is -3.41. The number of ether oxygens (including phenoxy) is 2. The monoisotopic (exact) mass is 366 g/mol. The van der Waals surface area contributed by atoms with Gasteiger partial charge in [0.05, 0.1) is 7.11 Å². The molecule has 6 heteroatoms. The van der Waals surface area contributed by atoms with Gasteiger partial charge in [-0.1, -0.05) is 29.8 Å². The highest BCUT2D eigenvalue weighted by molar-refractivity contribution is 6.01. The number of aryl methyl sites for hydroxylation is 1. The zero-order chi connectivity index (χ0) is 19.6. The summed E-state index contributed by atoms with van der Waals surface area (Å²) in [5.41, 5.74) is 0.657. The van der Waals surface area contributed by atoms with E-state index in [2.05, 4.69) is 0 Å². The summed E-state index contributed by atoms with van der Waals surface area (Å²) in [4.78, 5) is 36.9. The number of methoxy groups -OCH3 is 1. The zero-order valence-corrected chi connectivity index (χ0v) is 15.1. The van der Waals surface area contributed by atoms with Crippen molar-refractivity contribution in [1.82, 2.24) is 0 Å². The average Bonchev–Trinajstić information content (AvgIpc) is 2.67. The van der Waals surface area contributed by atoms with E-state index in [9.17, 15) is 14.4 Å². The topological polar surface area (TPSA) is 82.8 Å². The molecule has 3 aromatic rings. The molecule has 0 bridgehead atoms. The second-order valence-corrected chi connectivity index (χ2v) is 6.13. The van der Waals surface area contributed by atoms with Gasteiger partial charge in [-0.05, 0) is 38.1 Å². The molecule has 0 saturated heterocycles. The fourth-order valence-electron chi connectivity index (χ4n) is 2.60. The first-order valence-electron chi connectivity index (χ1n) is 8.33. The summed E-state index contributed by atoms with van der Waals surface area (Å²) in [5.74, 6) is -0.713. The standard InChI is InChI=1S/C21H18O6/c1-12-4-6-14(7-5-12)19(22)13(2)26-20(23)17-11-15-10-16(25-3)8-9-18(15)27-21(17)24/h4-11,13H,1-3H3/t13-/m0/s1. The van der Waals surface area contributed by atoms with Gasteiger partial charge in [0.1, 0.15) is 16.9 Å². The molecule has 27 heavy (non-hydrogen) atoms. The second kappa shape index (κ2) is 7.45. The Balaban J connectivity index is 1.84.